The summed E-state index contributed by atoms with van der Waals surface area (Å²) in [5, 5.41) is 21.9. The van der Waals surface area contributed by atoms with Gasteiger partial charge >= 0.3 is 0 Å². The molecule has 2 aromatic heterocycles. The Morgan fingerprint density at radius 3 is 2.87 bits per heavy atom. The normalized spacial score (nSPS) is 12.1. The minimum atomic E-state index is -0.898. The van der Waals surface area contributed by atoms with E-state index in [1.165, 1.54) is 16.9 Å². The molecule has 0 fully saturated rings. The van der Waals surface area contributed by atoms with Gasteiger partial charge in [-0.25, -0.2) is 4.39 Å². The van der Waals surface area contributed by atoms with Crippen LogP contribution in [0.4, 0.5) is 4.39 Å². The Morgan fingerprint density at radius 1 is 1.22 bits per heavy atom. The second-order valence-electron chi connectivity index (χ2n) is 4.80. The quantitative estimate of drug-likeness (QED) is 0.738. The summed E-state index contributed by atoms with van der Waals surface area (Å²) in [4.78, 5) is 5.24. The number of para-hydroxylation sites is 1. The maximum atomic E-state index is 13.4. The third kappa shape index (κ3) is 3.86. The number of halogens is 1. The van der Waals surface area contributed by atoms with Crippen LogP contribution >= 0.6 is 0 Å². The molecule has 2 heterocycles. The molecule has 0 saturated carbocycles. The zero-order valence-electron chi connectivity index (χ0n) is 12.1. The predicted molar refractivity (Wildman–Crippen MR) is 78.9 cm³/mol. The molecule has 0 unspecified atom stereocenters. The van der Waals surface area contributed by atoms with Crippen molar-refractivity contribution in [3.05, 3.63) is 54.6 Å². The number of tetrazole rings is 1. The minimum absolute atomic E-state index is 0.0787. The lowest BCUT2D eigenvalue weighted by molar-refractivity contribution is 0.0831. The van der Waals surface area contributed by atoms with Crippen LogP contribution in [0.1, 0.15) is 0 Å². The molecule has 118 valence electrons. The van der Waals surface area contributed by atoms with Gasteiger partial charge in [0.25, 0.3) is 0 Å². The molecule has 0 amide bonds. The summed E-state index contributed by atoms with van der Waals surface area (Å²) in [6.07, 6.45) is 2.38. The maximum absolute atomic E-state index is 13.4. The molecule has 23 heavy (non-hydrogen) atoms. The van der Waals surface area contributed by atoms with E-state index in [0.29, 0.717) is 5.82 Å². The predicted octanol–water partition coefficient (Wildman–Crippen LogP) is 1.31. The monoisotopic (exact) mass is 315 g/mol. The highest BCUT2D eigenvalue weighted by molar-refractivity contribution is 5.51. The Labute approximate surface area is 131 Å². The van der Waals surface area contributed by atoms with Gasteiger partial charge in [-0.15, -0.1) is 10.2 Å². The minimum Gasteiger partial charge on any atom is -0.488 e. The summed E-state index contributed by atoms with van der Waals surface area (Å²) in [5.41, 5.74) is 0.732. The van der Waals surface area contributed by atoms with Gasteiger partial charge in [0.1, 0.15) is 12.7 Å². The van der Waals surface area contributed by atoms with Gasteiger partial charge in [-0.1, -0.05) is 12.1 Å². The Morgan fingerprint density at radius 2 is 2.09 bits per heavy atom. The lowest BCUT2D eigenvalue weighted by atomic mass is 10.3. The summed E-state index contributed by atoms with van der Waals surface area (Å²) in [5.74, 6) is 0.0342. The van der Waals surface area contributed by atoms with Gasteiger partial charge in [0, 0.05) is 18.0 Å². The fraction of sp³-hybridized carbons (Fsp3) is 0.200. The summed E-state index contributed by atoms with van der Waals surface area (Å²) < 4.78 is 18.6. The molecule has 1 aromatic carbocycles. The molecular weight excluding hydrogens is 301 g/mol. The number of hydrogen-bond donors (Lipinski definition) is 1. The van der Waals surface area contributed by atoms with Gasteiger partial charge in [-0.3, -0.25) is 4.98 Å². The van der Waals surface area contributed by atoms with Crippen molar-refractivity contribution in [1.29, 1.82) is 0 Å². The number of aliphatic hydroxyl groups excluding tert-OH is 1. The van der Waals surface area contributed by atoms with Crippen LogP contribution in [0.2, 0.25) is 0 Å². The lowest BCUT2D eigenvalue weighted by Gasteiger charge is -2.11. The zero-order chi connectivity index (χ0) is 16.1. The van der Waals surface area contributed by atoms with Crippen LogP contribution in [0, 0.1) is 5.82 Å². The highest BCUT2D eigenvalue weighted by Gasteiger charge is 2.12. The molecule has 8 heteroatoms. The molecule has 0 aliphatic heterocycles. The third-order valence-electron chi connectivity index (χ3n) is 3.01. The number of aliphatic hydroxyl groups is 1. The van der Waals surface area contributed by atoms with Crippen molar-refractivity contribution < 1.29 is 14.2 Å². The summed E-state index contributed by atoms with van der Waals surface area (Å²) in [6.45, 7) is 0.00636. The van der Waals surface area contributed by atoms with Crippen molar-refractivity contribution in [3.63, 3.8) is 0 Å². The van der Waals surface area contributed by atoms with Crippen molar-refractivity contribution in [3.8, 4) is 17.1 Å². The third-order valence-corrected chi connectivity index (χ3v) is 3.01. The average molecular weight is 315 g/mol. The van der Waals surface area contributed by atoms with Crippen LogP contribution in [-0.2, 0) is 6.54 Å². The SMILES string of the molecule is O[C@H](COc1ccccc1F)Cn1nnc(-c2cccnc2)n1. The molecular formula is C15H14FN5O2. The van der Waals surface area contributed by atoms with E-state index in [1.807, 2.05) is 6.07 Å². The molecule has 3 aromatic rings. The Kier molecular flexibility index (Phi) is 4.53. The number of benzene rings is 1. The standard InChI is InChI=1S/C15H14FN5O2/c16-13-5-1-2-6-14(13)23-10-12(22)9-21-19-15(18-20-21)11-4-3-7-17-8-11/h1-8,12,22H,9-10H2/t12-/m0/s1. The van der Waals surface area contributed by atoms with E-state index in [4.69, 9.17) is 4.74 Å². The first-order chi connectivity index (χ1) is 11.2. The van der Waals surface area contributed by atoms with Crippen LogP contribution in [0.3, 0.4) is 0 Å². The molecule has 7 nitrogen and oxygen atoms in total. The first-order valence-electron chi connectivity index (χ1n) is 6.96. The topological polar surface area (TPSA) is 86.0 Å². The molecule has 1 N–H and O–H groups in total. The highest BCUT2D eigenvalue weighted by atomic mass is 19.1. The van der Waals surface area contributed by atoms with Crippen LogP contribution in [0.25, 0.3) is 11.4 Å². The van der Waals surface area contributed by atoms with Crippen molar-refractivity contribution in [2.75, 3.05) is 6.61 Å². The maximum Gasteiger partial charge on any atom is 0.206 e. The molecule has 0 aliphatic carbocycles. The molecule has 3 rings (SSSR count). The molecule has 1 atom stereocenters. The number of hydrogen-bond acceptors (Lipinski definition) is 6. The summed E-state index contributed by atoms with van der Waals surface area (Å²) in [7, 11) is 0. The van der Waals surface area contributed by atoms with E-state index >= 15 is 0 Å². The Balaban J connectivity index is 1.57. The number of aromatic nitrogens is 5. The first kappa shape index (κ1) is 15.0. The Hall–Kier alpha value is -2.87. The van der Waals surface area contributed by atoms with E-state index in [0.717, 1.165) is 5.56 Å². The highest BCUT2D eigenvalue weighted by Crippen LogP contribution is 2.15. The van der Waals surface area contributed by atoms with Crippen LogP contribution in [0.5, 0.6) is 5.75 Å². The number of ether oxygens (including phenoxy) is 1. The fourth-order valence-electron chi connectivity index (χ4n) is 1.92. The first-order valence-corrected chi connectivity index (χ1v) is 6.96. The van der Waals surface area contributed by atoms with E-state index in [-0.39, 0.29) is 18.9 Å². The Bertz CT molecular complexity index is 765. The summed E-state index contributed by atoms with van der Waals surface area (Å²) >= 11 is 0. The van der Waals surface area contributed by atoms with Gasteiger partial charge in [0.15, 0.2) is 11.6 Å². The molecule has 0 bridgehead atoms. The van der Waals surface area contributed by atoms with Crippen molar-refractivity contribution >= 4 is 0 Å². The van der Waals surface area contributed by atoms with Crippen molar-refractivity contribution in [1.82, 2.24) is 25.2 Å². The second-order valence-corrected chi connectivity index (χ2v) is 4.80. The second kappa shape index (κ2) is 6.93. The zero-order valence-corrected chi connectivity index (χ0v) is 12.1. The molecule has 0 radical (unpaired) electrons. The number of pyridine rings is 1. The fourth-order valence-corrected chi connectivity index (χ4v) is 1.92. The average Bonchev–Trinajstić information content (AvgIpc) is 3.03. The largest absolute Gasteiger partial charge is 0.488 e. The van der Waals surface area contributed by atoms with Gasteiger partial charge in [0.2, 0.25) is 5.82 Å². The van der Waals surface area contributed by atoms with Crippen molar-refractivity contribution in [2.24, 2.45) is 0 Å². The van der Waals surface area contributed by atoms with Gasteiger partial charge in [-0.2, -0.15) is 4.80 Å². The van der Waals surface area contributed by atoms with Crippen LogP contribution in [-0.4, -0.2) is 43.0 Å². The van der Waals surface area contributed by atoms with Crippen LogP contribution < -0.4 is 4.74 Å². The molecule has 0 aliphatic rings. The van der Waals surface area contributed by atoms with Gasteiger partial charge < -0.3 is 9.84 Å². The smallest absolute Gasteiger partial charge is 0.206 e. The molecule has 0 spiro atoms. The van der Waals surface area contributed by atoms with E-state index in [2.05, 4.69) is 20.4 Å². The number of nitrogens with zero attached hydrogens (tertiary/aromatic N) is 5. The van der Waals surface area contributed by atoms with Gasteiger partial charge in [0.05, 0.1) is 6.54 Å². The van der Waals surface area contributed by atoms with E-state index in [9.17, 15) is 9.50 Å². The lowest BCUT2D eigenvalue weighted by Crippen LogP contribution is -2.25. The van der Waals surface area contributed by atoms with Crippen molar-refractivity contribution in [2.45, 2.75) is 12.6 Å². The summed E-state index contributed by atoms with van der Waals surface area (Å²) in [6, 6.07) is 9.60. The molecule has 0 saturated heterocycles. The van der Waals surface area contributed by atoms with E-state index < -0.39 is 11.9 Å². The van der Waals surface area contributed by atoms with Gasteiger partial charge in [-0.05, 0) is 29.5 Å². The van der Waals surface area contributed by atoms with Crippen LogP contribution in [0.15, 0.2) is 48.8 Å². The van der Waals surface area contributed by atoms with E-state index in [1.54, 1.807) is 30.6 Å². The number of rotatable bonds is 6.